The first-order valence-corrected chi connectivity index (χ1v) is 6.39. The highest BCUT2D eigenvalue weighted by Gasteiger charge is 2.06. The maximum absolute atomic E-state index is 10.4. The van der Waals surface area contributed by atoms with Gasteiger partial charge in [0.15, 0.2) is 6.20 Å². The second-order valence-corrected chi connectivity index (χ2v) is 5.16. The van der Waals surface area contributed by atoms with E-state index in [2.05, 4.69) is 26.2 Å². The van der Waals surface area contributed by atoms with Gasteiger partial charge in [0, 0.05) is 27.3 Å². The Hall–Kier alpha value is -1.47. The quantitative estimate of drug-likeness (QED) is 0.693. The van der Waals surface area contributed by atoms with Crippen LogP contribution in [0.15, 0.2) is 34.2 Å². The molecule has 0 unspecified atom stereocenters. The fourth-order valence-electron chi connectivity index (χ4n) is 1.23. The van der Waals surface area contributed by atoms with E-state index in [1.54, 1.807) is 17.4 Å². The summed E-state index contributed by atoms with van der Waals surface area (Å²) < 4.78 is 1.06. The van der Waals surface area contributed by atoms with Crippen LogP contribution in [0.1, 0.15) is 4.88 Å². The van der Waals surface area contributed by atoms with Gasteiger partial charge in [-0.05, 0) is 38.0 Å². The zero-order valence-corrected chi connectivity index (χ0v) is 11.0. The zero-order valence-electron chi connectivity index (χ0n) is 8.59. The molecule has 0 amide bonds. The lowest BCUT2D eigenvalue weighted by molar-refractivity contribution is -0.389. The van der Waals surface area contributed by atoms with Gasteiger partial charge in [-0.2, -0.15) is 0 Å². The zero-order chi connectivity index (χ0) is 12.3. The van der Waals surface area contributed by atoms with Crippen molar-refractivity contribution in [2.75, 3.05) is 5.32 Å². The summed E-state index contributed by atoms with van der Waals surface area (Å²) in [5, 5.41) is 15.6. The standard InChI is InChI=1S/C10H8BrN3O2S/c11-7-3-9(17-6-7)5-12-8-1-2-10(13-4-8)14(15)16/h1-4,6,12H,5H2. The normalized spacial score (nSPS) is 10.2. The van der Waals surface area contributed by atoms with Crippen LogP contribution in [0.3, 0.4) is 0 Å². The molecular formula is C10H8BrN3O2S. The summed E-state index contributed by atoms with van der Waals surface area (Å²) in [7, 11) is 0. The Bertz CT molecular complexity index is 527. The van der Waals surface area contributed by atoms with E-state index in [1.165, 1.54) is 17.1 Å². The van der Waals surface area contributed by atoms with Gasteiger partial charge < -0.3 is 15.4 Å². The van der Waals surface area contributed by atoms with Gasteiger partial charge in [0.25, 0.3) is 0 Å². The summed E-state index contributed by atoms with van der Waals surface area (Å²) >= 11 is 5.02. The number of halogens is 1. The van der Waals surface area contributed by atoms with Crippen molar-refractivity contribution < 1.29 is 4.92 Å². The van der Waals surface area contributed by atoms with Crippen LogP contribution in [0.2, 0.25) is 0 Å². The topological polar surface area (TPSA) is 68.1 Å². The number of thiophene rings is 1. The largest absolute Gasteiger partial charge is 0.377 e. The number of nitrogens with one attached hydrogen (secondary N) is 1. The lowest BCUT2D eigenvalue weighted by atomic mass is 10.4. The van der Waals surface area contributed by atoms with Gasteiger partial charge in [-0.1, -0.05) is 0 Å². The highest BCUT2D eigenvalue weighted by atomic mass is 79.9. The Kier molecular flexibility index (Phi) is 3.70. The second kappa shape index (κ2) is 5.24. The molecule has 0 aliphatic rings. The van der Waals surface area contributed by atoms with Crippen molar-refractivity contribution in [2.45, 2.75) is 6.54 Å². The van der Waals surface area contributed by atoms with Crippen LogP contribution in [-0.2, 0) is 6.54 Å². The first-order chi connectivity index (χ1) is 8.15. The molecule has 2 heterocycles. The smallest absolute Gasteiger partial charge is 0.363 e. The molecule has 88 valence electrons. The summed E-state index contributed by atoms with van der Waals surface area (Å²) in [6.07, 6.45) is 1.46. The summed E-state index contributed by atoms with van der Waals surface area (Å²) in [6.45, 7) is 0.676. The van der Waals surface area contributed by atoms with Gasteiger partial charge in [0.2, 0.25) is 0 Å². The maximum atomic E-state index is 10.4. The third-order valence-electron chi connectivity index (χ3n) is 2.02. The Balaban J connectivity index is 1.97. The van der Waals surface area contributed by atoms with Crippen LogP contribution in [0.4, 0.5) is 11.5 Å². The predicted molar refractivity (Wildman–Crippen MR) is 70.2 cm³/mol. The number of nitro groups is 1. The van der Waals surface area contributed by atoms with Crippen molar-refractivity contribution in [3.8, 4) is 0 Å². The molecule has 0 saturated heterocycles. The van der Waals surface area contributed by atoms with Crippen molar-refractivity contribution >= 4 is 38.8 Å². The minimum absolute atomic E-state index is 0.144. The molecule has 0 saturated carbocycles. The first kappa shape index (κ1) is 12.0. The predicted octanol–water partition coefficient (Wildman–Crippen LogP) is 3.43. The third-order valence-corrected chi connectivity index (χ3v) is 3.72. The SMILES string of the molecule is O=[N+]([O-])c1ccc(NCc2cc(Br)cs2)cn1. The molecule has 1 N–H and O–H groups in total. The monoisotopic (exact) mass is 313 g/mol. The van der Waals surface area contributed by atoms with Crippen molar-refractivity contribution in [3.05, 3.63) is 49.2 Å². The number of rotatable bonds is 4. The van der Waals surface area contributed by atoms with Crippen LogP contribution in [-0.4, -0.2) is 9.91 Å². The van der Waals surface area contributed by atoms with Gasteiger partial charge in [-0.25, -0.2) is 0 Å². The average Bonchev–Trinajstić information content (AvgIpc) is 2.73. The van der Waals surface area contributed by atoms with E-state index < -0.39 is 4.92 Å². The molecule has 0 spiro atoms. The van der Waals surface area contributed by atoms with Gasteiger partial charge in [0.1, 0.15) is 0 Å². The fraction of sp³-hybridized carbons (Fsp3) is 0.100. The van der Waals surface area contributed by atoms with Crippen LogP contribution in [0, 0.1) is 10.1 Å². The number of anilines is 1. The Morgan fingerprint density at radius 3 is 2.88 bits per heavy atom. The highest BCUT2D eigenvalue weighted by molar-refractivity contribution is 9.10. The van der Waals surface area contributed by atoms with Crippen LogP contribution in [0.25, 0.3) is 0 Å². The van der Waals surface area contributed by atoms with Gasteiger partial charge >= 0.3 is 5.82 Å². The number of aromatic nitrogens is 1. The summed E-state index contributed by atoms with van der Waals surface area (Å²) in [5.74, 6) is -0.144. The van der Waals surface area contributed by atoms with Crippen molar-refractivity contribution in [2.24, 2.45) is 0 Å². The molecule has 2 aromatic heterocycles. The molecule has 0 aliphatic carbocycles. The Morgan fingerprint density at radius 2 is 2.35 bits per heavy atom. The minimum atomic E-state index is -0.514. The van der Waals surface area contributed by atoms with E-state index >= 15 is 0 Å². The lowest BCUT2D eigenvalue weighted by Gasteiger charge is -2.01. The molecule has 0 fully saturated rings. The number of hydrogen-bond donors (Lipinski definition) is 1. The maximum Gasteiger partial charge on any atom is 0.363 e. The van der Waals surface area contributed by atoms with E-state index in [4.69, 9.17) is 0 Å². The summed E-state index contributed by atoms with van der Waals surface area (Å²) in [4.78, 5) is 14.8. The number of pyridine rings is 1. The van der Waals surface area contributed by atoms with Crippen LogP contribution >= 0.6 is 27.3 Å². The molecule has 2 rings (SSSR count). The highest BCUT2D eigenvalue weighted by Crippen LogP contribution is 2.21. The fourth-order valence-corrected chi connectivity index (χ4v) is 2.63. The minimum Gasteiger partial charge on any atom is -0.377 e. The average molecular weight is 314 g/mol. The van der Waals surface area contributed by atoms with E-state index in [0.717, 1.165) is 10.2 Å². The molecular weight excluding hydrogens is 306 g/mol. The molecule has 0 bridgehead atoms. The molecule has 0 aliphatic heterocycles. The van der Waals surface area contributed by atoms with Crippen LogP contribution in [0.5, 0.6) is 0 Å². The molecule has 7 heteroatoms. The molecule has 0 atom stereocenters. The summed E-state index contributed by atoms with van der Waals surface area (Å²) in [6, 6.07) is 5.05. The molecule has 2 aromatic rings. The first-order valence-electron chi connectivity index (χ1n) is 4.72. The third kappa shape index (κ3) is 3.24. The number of nitrogens with zero attached hydrogens (tertiary/aromatic N) is 2. The number of hydrogen-bond acceptors (Lipinski definition) is 5. The van der Waals surface area contributed by atoms with Gasteiger partial charge in [-0.15, -0.1) is 11.3 Å². The summed E-state index contributed by atoms with van der Waals surface area (Å²) in [5.41, 5.74) is 0.764. The molecule has 0 radical (unpaired) electrons. The van der Waals surface area contributed by atoms with E-state index in [1.807, 2.05) is 11.4 Å². The molecule has 17 heavy (non-hydrogen) atoms. The Labute approximate surface area is 110 Å². The molecule has 0 aromatic carbocycles. The van der Waals surface area contributed by atoms with Gasteiger partial charge in [-0.3, -0.25) is 0 Å². The van der Waals surface area contributed by atoms with Crippen molar-refractivity contribution in [1.29, 1.82) is 0 Å². The van der Waals surface area contributed by atoms with Crippen LogP contribution < -0.4 is 5.32 Å². The molecule has 5 nitrogen and oxygen atoms in total. The van der Waals surface area contributed by atoms with Gasteiger partial charge in [0.05, 0.1) is 5.69 Å². The van der Waals surface area contributed by atoms with E-state index in [9.17, 15) is 10.1 Å². The lowest BCUT2D eigenvalue weighted by Crippen LogP contribution is -1.98. The van der Waals surface area contributed by atoms with E-state index in [-0.39, 0.29) is 5.82 Å². The Morgan fingerprint density at radius 1 is 1.53 bits per heavy atom. The second-order valence-electron chi connectivity index (χ2n) is 3.25. The van der Waals surface area contributed by atoms with Crippen molar-refractivity contribution in [1.82, 2.24) is 4.98 Å². The van der Waals surface area contributed by atoms with Crippen molar-refractivity contribution in [3.63, 3.8) is 0 Å². The van der Waals surface area contributed by atoms with E-state index in [0.29, 0.717) is 6.54 Å².